The van der Waals surface area contributed by atoms with Gasteiger partial charge in [0.25, 0.3) is 0 Å². The molecule has 0 radical (unpaired) electrons. The third kappa shape index (κ3) is 3.64. The fraction of sp³-hybridized carbons (Fsp3) is 0.357. The van der Waals surface area contributed by atoms with Crippen molar-refractivity contribution < 1.29 is 5.11 Å². The van der Waals surface area contributed by atoms with E-state index in [1.165, 1.54) is 15.9 Å². The first kappa shape index (κ1) is 21.3. The molecule has 3 aromatic carbocycles. The van der Waals surface area contributed by atoms with Crippen molar-refractivity contribution in [2.24, 2.45) is 23.2 Å². The van der Waals surface area contributed by atoms with Gasteiger partial charge in [-0.15, -0.1) is 0 Å². The highest BCUT2D eigenvalue weighted by atomic mass is 31.2. The summed E-state index contributed by atoms with van der Waals surface area (Å²) in [7, 11) is -1.79. The molecule has 3 unspecified atom stereocenters. The predicted octanol–water partition coefficient (Wildman–Crippen LogP) is 5.27. The van der Waals surface area contributed by atoms with Crippen LogP contribution in [0.15, 0.2) is 91.0 Å². The van der Waals surface area contributed by atoms with Crippen LogP contribution in [-0.4, -0.2) is 17.9 Å². The zero-order chi connectivity index (χ0) is 21.2. The molecular weight excluding hydrogens is 383 g/mol. The van der Waals surface area contributed by atoms with Crippen molar-refractivity contribution in [1.82, 2.24) is 0 Å². The molecule has 1 N–H and O–H groups in total. The van der Waals surface area contributed by atoms with E-state index in [1.807, 2.05) is 0 Å². The molecule has 4 rings (SSSR count). The zero-order valence-corrected chi connectivity index (χ0v) is 19.3. The second kappa shape index (κ2) is 8.66. The molecule has 156 valence electrons. The Morgan fingerprint density at radius 3 is 1.53 bits per heavy atom. The number of hydrogen-bond donors (Lipinski definition) is 1. The summed E-state index contributed by atoms with van der Waals surface area (Å²) in [5.41, 5.74) is 0.202. The minimum Gasteiger partial charge on any atom is -0.396 e. The van der Waals surface area contributed by atoms with Crippen molar-refractivity contribution in [1.29, 1.82) is 0 Å². The summed E-state index contributed by atoms with van der Waals surface area (Å²) in [6, 6.07) is 33.5. The Morgan fingerprint density at radius 1 is 0.800 bits per heavy atom. The summed E-state index contributed by atoms with van der Waals surface area (Å²) >= 11 is 0. The van der Waals surface area contributed by atoms with Crippen molar-refractivity contribution >= 4 is 23.2 Å². The molecule has 0 aliphatic heterocycles. The van der Waals surface area contributed by atoms with Crippen molar-refractivity contribution in [3.63, 3.8) is 0 Å². The largest absolute Gasteiger partial charge is 0.396 e. The first-order chi connectivity index (χ1) is 14.5. The Bertz CT molecular complexity index is 839. The maximum Gasteiger partial charge on any atom is 0.112 e. The lowest BCUT2D eigenvalue weighted by atomic mass is 9.52. The lowest BCUT2D eigenvalue weighted by Crippen LogP contribution is -2.51. The van der Waals surface area contributed by atoms with Crippen LogP contribution in [0.2, 0.25) is 0 Å². The van der Waals surface area contributed by atoms with Crippen LogP contribution >= 0.6 is 7.26 Å². The van der Waals surface area contributed by atoms with Gasteiger partial charge < -0.3 is 5.11 Å². The van der Waals surface area contributed by atoms with Crippen LogP contribution < -0.4 is 15.9 Å². The lowest BCUT2D eigenvalue weighted by molar-refractivity contribution is -0.0736. The number of benzene rings is 3. The predicted molar refractivity (Wildman–Crippen MR) is 132 cm³/mol. The molecule has 0 amide bonds. The zero-order valence-electron chi connectivity index (χ0n) is 18.4. The van der Waals surface area contributed by atoms with Crippen LogP contribution in [0.25, 0.3) is 0 Å². The third-order valence-corrected chi connectivity index (χ3v) is 12.3. The molecule has 0 saturated heterocycles. The van der Waals surface area contributed by atoms with Crippen molar-refractivity contribution in [2.45, 2.75) is 27.2 Å². The van der Waals surface area contributed by atoms with Gasteiger partial charge >= 0.3 is 0 Å². The van der Waals surface area contributed by atoms with E-state index in [4.69, 9.17) is 0 Å². The van der Waals surface area contributed by atoms with E-state index in [9.17, 15) is 5.11 Å². The second-order valence-corrected chi connectivity index (χ2v) is 13.1. The van der Waals surface area contributed by atoms with Gasteiger partial charge in [-0.1, -0.05) is 75.4 Å². The van der Waals surface area contributed by atoms with Crippen LogP contribution in [-0.2, 0) is 0 Å². The molecule has 0 aromatic heterocycles. The first-order valence-electron chi connectivity index (χ1n) is 11.2. The average molecular weight is 418 g/mol. The summed E-state index contributed by atoms with van der Waals surface area (Å²) < 4.78 is 0. The number of aliphatic hydroxyl groups excluding tert-OH is 1. The molecule has 1 aliphatic rings. The Hall–Kier alpha value is -1.95. The van der Waals surface area contributed by atoms with Crippen molar-refractivity contribution in [3.05, 3.63) is 91.0 Å². The number of rotatable bonds is 7. The van der Waals surface area contributed by atoms with E-state index in [1.54, 1.807) is 0 Å². The summed E-state index contributed by atoms with van der Waals surface area (Å²) in [6.45, 7) is 7.47. The van der Waals surface area contributed by atoms with E-state index < -0.39 is 7.26 Å². The molecule has 0 spiro atoms. The quantitative estimate of drug-likeness (QED) is 0.519. The molecular formula is C28H34OP+. The maximum atomic E-state index is 9.79. The Kier molecular flexibility index (Phi) is 6.14. The molecule has 1 nitrogen and oxygen atoms in total. The van der Waals surface area contributed by atoms with Crippen LogP contribution in [0.3, 0.4) is 0 Å². The molecule has 0 bridgehead atoms. The standard InChI is InChI=1S/C28H34OP/c1-22(27-19-23(20-29)28(27,2)3)21-30(24-13-7-4-8-14-24,25-15-9-5-10-16-25)26-17-11-6-12-18-26/h4-18,22-23,27,29H,19-21H2,1-3H3/q+1. The average Bonchev–Trinajstić information content (AvgIpc) is 2.79. The van der Waals surface area contributed by atoms with E-state index >= 15 is 0 Å². The SMILES string of the molecule is CC(C[P+](c1ccccc1)(c1ccccc1)c1ccccc1)C1CC(CO)C1(C)C. The van der Waals surface area contributed by atoms with Crippen LogP contribution in [0.5, 0.6) is 0 Å². The molecule has 1 fully saturated rings. The first-order valence-corrected chi connectivity index (χ1v) is 13.1. The van der Waals surface area contributed by atoms with Gasteiger partial charge in [-0.05, 0) is 66.0 Å². The fourth-order valence-corrected chi connectivity index (χ4v) is 10.4. The molecule has 0 heterocycles. The molecule has 2 heteroatoms. The fourth-order valence-electron chi connectivity index (χ4n) is 5.70. The lowest BCUT2D eigenvalue weighted by Gasteiger charge is -2.54. The van der Waals surface area contributed by atoms with Gasteiger partial charge in [0.1, 0.15) is 23.2 Å². The van der Waals surface area contributed by atoms with E-state index in [-0.39, 0.29) is 5.41 Å². The molecule has 3 aromatic rings. The summed E-state index contributed by atoms with van der Waals surface area (Å²) in [6.07, 6.45) is 2.31. The van der Waals surface area contributed by atoms with Crippen molar-refractivity contribution in [2.75, 3.05) is 12.8 Å². The molecule has 1 saturated carbocycles. The van der Waals surface area contributed by atoms with E-state index in [0.29, 0.717) is 24.4 Å². The van der Waals surface area contributed by atoms with Gasteiger partial charge in [-0.25, -0.2) is 0 Å². The Balaban J connectivity index is 1.84. The highest BCUT2D eigenvalue weighted by Crippen LogP contribution is 2.61. The Morgan fingerprint density at radius 2 is 1.20 bits per heavy atom. The minimum absolute atomic E-state index is 0.202. The van der Waals surface area contributed by atoms with Crippen LogP contribution in [0.1, 0.15) is 27.2 Å². The number of hydrogen-bond acceptors (Lipinski definition) is 1. The van der Waals surface area contributed by atoms with Crippen LogP contribution in [0.4, 0.5) is 0 Å². The highest BCUT2D eigenvalue weighted by Gasteiger charge is 2.54. The van der Waals surface area contributed by atoms with Gasteiger partial charge in [0.2, 0.25) is 0 Å². The normalized spacial score (nSPS) is 21.6. The summed E-state index contributed by atoms with van der Waals surface area (Å²) in [5, 5.41) is 14.2. The van der Waals surface area contributed by atoms with E-state index in [0.717, 1.165) is 12.6 Å². The molecule has 30 heavy (non-hydrogen) atoms. The summed E-state index contributed by atoms with van der Waals surface area (Å²) in [4.78, 5) is 0. The second-order valence-electron chi connectivity index (χ2n) is 9.52. The maximum absolute atomic E-state index is 9.79. The van der Waals surface area contributed by atoms with E-state index in [2.05, 4.69) is 112 Å². The monoisotopic (exact) mass is 417 g/mol. The van der Waals surface area contributed by atoms with Crippen LogP contribution in [0, 0.1) is 23.2 Å². The smallest absolute Gasteiger partial charge is 0.112 e. The van der Waals surface area contributed by atoms with Gasteiger partial charge in [0, 0.05) is 6.61 Å². The van der Waals surface area contributed by atoms with Crippen molar-refractivity contribution in [3.8, 4) is 0 Å². The topological polar surface area (TPSA) is 20.2 Å². The third-order valence-electron chi connectivity index (χ3n) is 7.61. The highest BCUT2D eigenvalue weighted by molar-refractivity contribution is 7.95. The van der Waals surface area contributed by atoms with Gasteiger partial charge in [-0.3, -0.25) is 0 Å². The molecule has 3 atom stereocenters. The number of aliphatic hydroxyl groups is 1. The minimum atomic E-state index is -1.79. The van der Waals surface area contributed by atoms with Gasteiger partial charge in [0.05, 0.1) is 6.16 Å². The molecule has 1 aliphatic carbocycles. The van der Waals surface area contributed by atoms with Gasteiger partial charge in [0.15, 0.2) is 0 Å². The summed E-state index contributed by atoms with van der Waals surface area (Å²) in [5.74, 6) is 1.66. The Labute approximate surface area is 182 Å². The van der Waals surface area contributed by atoms with Gasteiger partial charge in [-0.2, -0.15) is 0 Å².